The number of alkyl halides is 1. The molecule has 2 fully saturated rings. The molecule has 2 aromatic rings. The number of aromatic nitrogens is 4. The average Bonchev–Trinajstić information content (AvgIpc) is 3.23. The number of hydrogen-bond donors (Lipinski definition) is 7. The van der Waals surface area contributed by atoms with Gasteiger partial charge in [0.2, 0.25) is 4.63 Å². The minimum absolute atomic E-state index is 0.0875. The maximum Gasteiger partial charge on any atom is 0.331 e. The van der Waals surface area contributed by atoms with Crippen molar-refractivity contribution < 1.29 is 35.0 Å². The van der Waals surface area contributed by atoms with Gasteiger partial charge < -0.3 is 35.0 Å². The van der Waals surface area contributed by atoms with Crippen molar-refractivity contribution >= 4 is 15.9 Å². The third kappa shape index (κ3) is 5.28. The van der Waals surface area contributed by atoms with Gasteiger partial charge in [0.15, 0.2) is 6.23 Å². The number of hydrogen-bond acceptors (Lipinski definition) is 11. The van der Waals surface area contributed by atoms with Crippen LogP contribution in [0.15, 0.2) is 43.7 Å². The summed E-state index contributed by atoms with van der Waals surface area (Å²) in [6, 6.07) is 2.27. The number of nitrogens with zero attached hydrogens (tertiary/aromatic N) is 2. The van der Waals surface area contributed by atoms with Gasteiger partial charge in [-0.2, -0.15) is 0 Å². The van der Waals surface area contributed by atoms with Crippen molar-refractivity contribution in [2.75, 3.05) is 13.2 Å². The number of nitrogens with one attached hydrogen (secondary N) is 2. The quantitative estimate of drug-likeness (QED) is 0.180. The van der Waals surface area contributed by atoms with Crippen molar-refractivity contribution in [3.8, 4) is 0 Å². The largest absolute Gasteiger partial charge is 0.394 e. The molecule has 7 atom stereocenters. The van der Waals surface area contributed by atoms with Gasteiger partial charge in [0.25, 0.3) is 11.1 Å². The SMILES string of the molecule is O=c1ccn([C@@H]2O[C@H](CO)[C@@H](O)[C@H]2O)c(=O)[nH]1.O=c1ccn([C@@]2(Br)C[C@H](O)[C@@H](CO)O2)c(=O)[nH]1. The number of rotatable bonds is 4. The molecule has 7 N–H and O–H groups in total. The predicted octanol–water partition coefficient (Wildman–Crippen LogP) is -4.17. The molecule has 2 aromatic heterocycles. The molecule has 0 unspecified atom stereocenters. The van der Waals surface area contributed by atoms with Crippen LogP contribution in [-0.4, -0.2) is 88.4 Å². The minimum atomic E-state index is -1.35. The summed E-state index contributed by atoms with van der Waals surface area (Å²) in [5.41, 5.74) is -2.50. The molecule has 34 heavy (non-hydrogen) atoms. The van der Waals surface area contributed by atoms with Gasteiger partial charge in [0.05, 0.1) is 19.3 Å². The fourth-order valence-electron chi connectivity index (χ4n) is 3.48. The number of halogens is 1. The highest BCUT2D eigenvalue weighted by Crippen LogP contribution is 2.39. The van der Waals surface area contributed by atoms with Crippen molar-refractivity contribution in [3.05, 3.63) is 66.2 Å². The van der Waals surface area contributed by atoms with E-state index in [1.807, 2.05) is 4.98 Å². The molecule has 188 valence electrons. The van der Waals surface area contributed by atoms with E-state index in [9.17, 15) is 34.5 Å². The highest BCUT2D eigenvalue weighted by atomic mass is 79.9. The first-order chi connectivity index (χ1) is 16.0. The van der Waals surface area contributed by atoms with E-state index in [4.69, 9.17) is 19.7 Å². The number of aliphatic hydroxyl groups excluding tert-OH is 5. The molecule has 2 aliphatic heterocycles. The zero-order chi connectivity index (χ0) is 25.2. The second-order valence-corrected chi connectivity index (χ2v) is 8.76. The van der Waals surface area contributed by atoms with E-state index < -0.39 is 70.5 Å². The Bertz CT molecular complexity index is 1220. The number of aromatic amines is 2. The van der Waals surface area contributed by atoms with Crippen molar-refractivity contribution in [1.82, 2.24) is 19.1 Å². The van der Waals surface area contributed by atoms with Crippen LogP contribution in [0.1, 0.15) is 12.6 Å². The molecule has 4 rings (SSSR count). The predicted molar refractivity (Wildman–Crippen MR) is 115 cm³/mol. The van der Waals surface area contributed by atoms with Gasteiger partial charge in [-0.15, -0.1) is 0 Å². The van der Waals surface area contributed by atoms with E-state index in [1.165, 1.54) is 12.3 Å². The normalized spacial score (nSPS) is 32.9. The second kappa shape index (κ2) is 10.4. The minimum Gasteiger partial charge on any atom is -0.394 e. The maximum absolute atomic E-state index is 11.6. The Kier molecular flexibility index (Phi) is 8.04. The van der Waals surface area contributed by atoms with E-state index in [2.05, 4.69) is 20.9 Å². The van der Waals surface area contributed by atoms with E-state index in [0.29, 0.717) is 0 Å². The van der Waals surface area contributed by atoms with Gasteiger partial charge >= 0.3 is 11.4 Å². The summed E-state index contributed by atoms with van der Waals surface area (Å²) in [6.45, 7) is -0.834. The van der Waals surface area contributed by atoms with Crippen molar-refractivity contribution in [2.24, 2.45) is 0 Å². The van der Waals surface area contributed by atoms with Crippen molar-refractivity contribution in [1.29, 1.82) is 0 Å². The monoisotopic (exact) mass is 550 g/mol. The van der Waals surface area contributed by atoms with Crippen LogP contribution in [0.2, 0.25) is 0 Å². The third-order valence-electron chi connectivity index (χ3n) is 5.23. The molecule has 0 spiro atoms. The topological polar surface area (TPSA) is 229 Å². The molecule has 0 amide bonds. The van der Waals surface area contributed by atoms with Gasteiger partial charge in [-0.05, 0) is 15.9 Å². The third-order valence-corrected chi connectivity index (χ3v) is 6.12. The Balaban J connectivity index is 0.000000191. The summed E-state index contributed by atoms with van der Waals surface area (Å²) in [6.07, 6.45) is -3.89. The molecule has 2 aliphatic rings. The van der Waals surface area contributed by atoms with Gasteiger partial charge in [0, 0.05) is 30.9 Å². The summed E-state index contributed by atoms with van der Waals surface area (Å²) in [7, 11) is 0. The molecule has 0 aromatic carbocycles. The van der Waals surface area contributed by atoms with Crippen LogP contribution in [0.25, 0.3) is 0 Å². The van der Waals surface area contributed by atoms with Crippen molar-refractivity contribution in [3.63, 3.8) is 0 Å². The van der Waals surface area contributed by atoms with E-state index in [0.717, 1.165) is 21.4 Å². The summed E-state index contributed by atoms with van der Waals surface area (Å²) < 4.78 is 11.3. The number of H-pyrrole nitrogens is 2. The molecule has 2 saturated heterocycles. The summed E-state index contributed by atoms with van der Waals surface area (Å²) in [5.74, 6) is 0. The van der Waals surface area contributed by atoms with E-state index in [1.54, 1.807) is 0 Å². The fraction of sp³-hybridized carbons (Fsp3) is 0.556. The second-order valence-electron chi connectivity index (χ2n) is 7.53. The number of ether oxygens (including phenoxy) is 2. The first-order valence-electron chi connectivity index (χ1n) is 9.92. The molecule has 0 saturated carbocycles. The molecule has 0 bridgehead atoms. The zero-order valence-electron chi connectivity index (χ0n) is 17.4. The standard InChI is InChI=1S/C9H11BrN2O5.C9H12N2O6/c10-9(3-5(14)6(4-13)17-9)12-2-1-7(15)11-8(12)16;12-3-4-6(14)7(15)8(17-4)11-2-1-5(13)10-9(11)16/h1-2,5-6,13-14H,3-4H2,(H,11,15,16);1-2,4,6-8,12,14-15H,3H2,(H,10,13,16)/t5-,6+,9-;4-,6-,7-,8-/m01/s1. The smallest absolute Gasteiger partial charge is 0.331 e. The summed E-state index contributed by atoms with van der Waals surface area (Å²) in [5, 5.41) is 46.7. The van der Waals surface area contributed by atoms with E-state index >= 15 is 0 Å². The lowest BCUT2D eigenvalue weighted by Gasteiger charge is -2.23. The molecule has 0 radical (unpaired) electrons. The van der Waals surface area contributed by atoms with Crippen LogP contribution < -0.4 is 22.5 Å². The zero-order valence-corrected chi connectivity index (χ0v) is 18.9. The molecule has 0 aliphatic carbocycles. The Morgan fingerprint density at radius 1 is 0.941 bits per heavy atom. The van der Waals surface area contributed by atoms with Crippen LogP contribution >= 0.6 is 15.9 Å². The fourth-order valence-corrected chi connectivity index (χ4v) is 4.33. The molecule has 16 heteroatoms. The Labute approximate surface area is 197 Å². The Morgan fingerprint density at radius 3 is 2.03 bits per heavy atom. The van der Waals surface area contributed by atoms with Crippen molar-refractivity contribution in [2.45, 2.75) is 47.8 Å². The van der Waals surface area contributed by atoms with Crippen LogP contribution in [0.3, 0.4) is 0 Å². The highest BCUT2D eigenvalue weighted by Gasteiger charge is 2.46. The van der Waals surface area contributed by atoms with Crippen LogP contribution in [0.4, 0.5) is 0 Å². The first-order valence-corrected chi connectivity index (χ1v) is 10.7. The van der Waals surface area contributed by atoms with Gasteiger partial charge in [-0.3, -0.25) is 28.7 Å². The molecule has 15 nitrogen and oxygen atoms in total. The lowest BCUT2D eigenvalue weighted by Crippen LogP contribution is -2.40. The summed E-state index contributed by atoms with van der Waals surface area (Å²) in [4.78, 5) is 48.9. The lowest BCUT2D eigenvalue weighted by atomic mass is 10.1. The Morgan fingerprint density at radius 2 is 1.53 bits per heavy atom. The van der Waals surface area contributed by atoms with Crippen LogP contribution in [0, 0.1) is 0 Å². The van der Waals surface area contributed by atoms with Gasteiger partial charge in [0.1, 0.15) is 24.4 Å². The van der Waals surface area contributed by atoms with Gasteiger partial charge in [-0.1, -0.05) is 0 Å². The van der Waals surface area contributed by atoms with Gasteiger partial charge in [-0.25, -0.2) is 9.59 Å². The average molecular weight is 551 g/mol. The lowest BCUT2D eigenvalue weighted by molar-refractivity contribution is -0.0608. The molecule has 4 heterocycles. The highest BCUT2D eigenvalue weighted by molar-refractivity contribution is 9.09. The first kappa shape index (κ1) is 26.2. The van der Waals surface area contributed by atoms with E-state index in [-0.39, 0.29) is 13.0 Å². The molecular weight excluding hydrogens is 528 g/mol. The number of aliphatic hydroxyl groups is 5. The summed E-state index contributed by atoms with van der Waals surface area (Å²) >= 11 is 3.20. The maximum atomic E-state index is 11.6. The molecular formula is C18H23BrN4O11. The van der Waals surface area contributed by atoms with Crippen LogP contribution in [0.5, 0.6) is 0 Å². The van der Waals surface area contributed by atoms with Crippen LogP contribution in [-0.2, 0) is 14.1 Å². The Hall–Kier alpha value is -2.44.